The number of hydrogen-bond donors (Lipinski definition) is 2. The number of amides is 4. The Morgan fingerprint density at radius 1 is 1.32 bits per heavy atom. The Labute approximate surface area is 126 Å². The smallest absolute Gasteiger partial charge is 0.325 e. The van der Waals surface area contributed by atoms with Crippen molar-refractivity contribution in [3.05, 3.63) is 23.8 Å². The van der Waals surface area contributed by atoms with Gasteiger partial charge in [0.05, 0.1) is 0 Å². The molecule has 1 fully saturated rings. The van der Waals surface area contributed by atoms with Crippen LogP contribution in [0.1, 0.15) is 12.5 Å². The predicted molar refractivity (Wildman–Crippen MR) is 74.2 cm³/mol. The second-order valence-corrected chi connectivity index (χ2v) is 5.27. The first-order valence-electron chi connectivity index (χ1n) is 6.74. The van der Waals surface area contributed by atoms with Gasteiger partial charge in [-0.1, -0.05) is 6.07 Å². The molecular formula is C14H15N3O5. The predicted octanol–water partition coefficient (Wildman–Crippen LogP) is -0.290. The van der Waals surface area contributed by atoms with Gasteiger partial charge in [-0.3, -0.25) is 14.5 Å². The highest BCUT2D eigenvalue weighted by atomic mass is 16.6. The molecule has 0 saturated carbocycles. The van der Waals surface area contributed by atoms with Crippen LogP contribution in [0.25, 0.3) is 0 Å². The average molecular weight is 305 g/mol. The van der Waals surface area contributed by atoms with Crippen LogP contribution in [-0.2, 0) is 15.1 Å². The monoisotopic (exact) mass is 305 g/mol. The number of carbonyl (C=O) groups is 3. The topological polar surface area (TPSA) is 111 Å². The van der Waals surface area contributed by atoms with Gasteiger partial charge in [-0.05, 0) is 24.6 Å². The van der Waals surface area contributed by atoms with Gasteiger partial charge >= 0.3 is 6.03 Å². The number of carbonyl (C=O) groups excluding carboxylic acids is 3. The Kier molecular flexibility index (Phi) is 3.16. The number of urea groups is 1. The second-order valence-electron chi connectivity index (χ2n) is 5.27. The van der Waals surface area contributed by atoms with Crippen LogP contribution in [0.5, 0.6) is 11.5 Å². The van der Waals surface area contributed by atoms with Crippen molar-refractivity contribution in [3.8, 4) is 11.5 Å². The molecule has 3 rings (SSSR count). The van der Waals surface area contributed by atoms with E-state index in [1.54, 1.807) is 25.1 Å². The lowest BCUT2D eigenvalue weighted by molar-refractivity contribution is -0.134. The lowest BCUT2D eigenvalue weighted by Gasteiger charge is -2.25. The van der Waals surface area contributed by atoms with E-state index in [9.17, 15) is 14.4 Å². The lowest BCUT2D eigenvalue weighted by Crippen LogP contribution is -2.42. The fourth-order valence-electron chi connectivity index (χ4n) is 2.55. The summed E-state index contributed by atoms with van der Waals surface area (Å²) in [6.45, 7) is 2.00. The van der Waals surface area contributed by atoms with Gasteiger partial charge in [0, 0.05) is 0 Å². The summed E-state index contributed by atoms with van der Waals surface area (Å²) in [6, 6.07) is 4.37. The van der Waals surface area contributed by atoms with E-state index in [-0.39, 0.29) is 0 Å². The van der Waals surface area contributed by atoms with Gasteiger partial charge in [-0.15, -0.1) is 0 Å². The zero-order valence-corrected chi connectivity index (χ0v) is 11.9. The van der Waals surface area contributed by atoms with Crippen LogP contribution in [0.2, 0.25) is 0 Å². The minimum Gasteiger partial charge on any atom is -0.486 e. The summed E-state index contributed by atoms with van der Waals surface area (Å²) in [7, 11) is 0. The molecule has 1 unspecified atom stereocenters. The molecule has 3 N–H and O–H groups in total. The van der Waals surface area contributed by atoms with Crippen LogP contribution < -0.4 is 20.5 Å². The fourth-order valence-corrected chi connectivity index (χ4v) is 2.55. The highest BCUT2D eigenvalue weighted by Gasteiger charge is 2.49. The van der Waals surface area contributed by atoms with Crippen molar-refractivity contribution in [2.45, 2.75) is 12.5 Å². The van der Waals surface area contributed by atoms with Gasteiger partial charge < -0.3 is 20.5 Å². The molecule has 8 nitrogen and oxygen atoms in total. The van der Waals surface area contributed by atoms with Crippen molar-refractivity contribution in [2.24, 2.45) is 5.73 Å². The van der Waals surface area contributed by atoms with Crippen molar-refractivity contribution in [3.63, 3.8) is 0 Å². The number of rotatable bonds is 3. The van der Waals surface area contributed by atoms with E-state index in [2.05, 4.69) is 5.32 Å². The minimum atomic E-state index is -1.28. The largest absolute Gasteiger partial charge is 0.486 e. The summed E-state index contributed by atoms with van der Waals surface area (Å²) in [6.07, 6.45) is 0. The molecule has 4 amide bonds. The van der Waals surface area contributed by atoms with Crippen molar-refractivity contribution < 1.29 is 23.9 Å². The Hall–Kier alpha value is -2.77. The number of nitrogens with one attached hydrogen (secondary N) is 1. The highest BCUT2D eigenvalue weighted by Crippen LogP contribution is 2.36. The summed E-state index contributed by atoms with van der Waals surface area (Å²) in [4.78, 5) is 36.2. The van der Waals surface area contributed by atoms with E-state index in [1.807, 2.05) is 0 Å². The second kappa shape index (κ2) is 4.90. The molecule has 2 aliphatic rings. The summed E-state index contributed by atoms with van der Waals surface area (Å²) in [5.41, 5.74) is 4.33. The number of nitrogens with two attached hydrogens (primary N) is 1. The molecule has 116 valence electrons. The molecule has 1 atom stereocenters. The van der Waals surface area contributed by atoms with Crippen molar-refractivity contribution >= 4 is 17.8 Å². The number of nitrogens with zero attached hydrogens (tertiary/aromatic N) is 1. The minimum absolute atomic E-state index is 0.418. The van der Waals surface area contributed by atoms with Crippen molar-refractivity contribution in [1.82, 2.24) is 10.2 Å². The zero-order chi connectivity index (χ0) is 15.9. The average Bonchev–Trinajstić information content (AvgIpc) is 2.71. The number of primary amides is 1. The molecule has 2 heterocycles. The van der Waals surface area contributed by atoms with Crippen molar-refractivity contribution in [1.29, 1.82) is 0 Å². The third kappa shape index (κ3) is 2.12. The molecule has 22 heavy (non-hydrogen) atoms. The SMILES string of the molecule is CC1(c2ccc3c(c2)OCCO3)NC(=O)N(CC(N)=O)C1=O. The number of ether oxygens (including phenoxy) is 2. The van der Waals surface area contributed by atoms with E-state index in [1.165, 1.54) is 0 Å². The Morgan fingerprint density at radius 2 is 2.00 bits per heavy atom. The number of hydrogen-bond acceptors (Lipinski definition) is 5. The van der Waals surface area contributed by atoms with Crippen LogP contribution >= 0.6 is 0 Å². The van der Waals surface area contributed by atoms with E-state index in [4.69, 9.17) is 15.2 Å². The van der Waals surface area contributed by atoms with Crippen LogP contribution in [0, 0.1) is 0 Å². The maximum Gasteiger partial charge on any atom is 0.325 e. The van der Waals surface area contributed by atoms with E-state index >= 15 is 0 Å². The molecule has 8 heteroatoms. The van der Waals surface area contributed by atoms with Crippen LogP contribution in [0.3, 0.4) is 0 Å². The molecule has 0 aliphatic carbocycles. The summed E-state index contributed by atoms with van der Waals surface area (Å²) >= 11 is 0. The Bertz CT molecular complexity index is 674. The molecule has 0 aromatic heterocycles. The maximum atomic E-state index is 12.5. The van der Waals surface area contributed by atoms with Crippen LogP contribution in [0.4, 0.5) is 4.79 Å². The first kappa shape index (κ1) is 14.2. The molecule has 1 aromatic rings. The summed E-state index contributed by atoms with van der Waals surface area (Å²) < 4.78 is 10.9. The maximum absolute atomic E-state index is 12.5. The quantitative estimate of drug-likeness (QED) is 0.745. The highest BCUT2D eigenvalue weighted by molar-refractivity contribution is 6.09. The zero-order valence-electron chi connectivity index (χ0n) is 11.9. The van der Waals surface area contributed by atoms with Crippen LogP contribution in [-0.4, -0.2) is 42.5 Å². The first-order valence-corrected chi connectivity index (χ1v) is 6.74. The van der Waals surface area contributed by atoms with Gasteiger partial charge in [0.15, 0.2) is 11.5 Å². The third-order valence-corrected chi connectivity index (χ3v) is 3.71. The molecule has 0 radical (unpaired) electrons. The Morgan fingerprint density at radius 3 is 2.68 bits per heavy atom. The van der Waals surface area contributed by atoms with Gasteiger partial charge in [0.25, 0.3) is 5.91 Å². The molecular weight excluding hydrogens is 290 g/mol. The Balaban J connectivity index is 1.95. The van der Waals surface area contributed by atoms with E-state index in [0.717, 1.165) is 4.90 Å². The van der Waals surface area contributed by atoms with Gasteiger partial charge in [-0.25, -0.2) is 4.79 Å². The third-order valence-electron chi connectivity index (χ3n) is 3.71. The van der Waals surface area contributed by atoms with Crippen molar-refractivity contribution in [2.75, 3.05) is 19.8 Å². The summed E-state index contributed by atoms with van der Waals surface area (Å²) in [5, 5.41) is 2.59. The molecule has 2 aliphatic heterocycles. The van der Waals surface area contributed by atoms with E-state index in [0.29, 0.717) is 30.3 Å². The molecule has 1 saturated heterocycles. The lowest BCUT2D eigenvalue weighted by atomic mass is 9.91. The van der Waals surface area contributed by atoms with Crippen LogP contribution in [0.15, 0.2) is 18.2 Å². The first-order chi connectivity index (χ1) is 10.4. The number of fused-ring (bicyclic) bond motifs is 1. The molecule has 1 aromatic carbocycles. The van der Waals surface area contributed by atoms with Gasteiger partial charge in [0.1, 0.15) is 25.3 Å². The van der Waals surface area contributed by atoms with Gasteiger partial charge in [0.2, 0.25) is 5.91 Å². The normalized spacial score (nSPS) is 23.4. The van der Waals surface area contributed by atoms with Gasteiger partial charge in [-0.2, -0.15) is 0 Å². The van der Waals surface area contributed by atoms with E-state index < -0.39 is 29.9 Å². The molecule has 0 spiro atoms. The fraction of sp³-hybridized carbons (Fsp3) is 0.357. The standard InChI is InChI=1S/C14H15N3O5/c1-14(12(19)17(7-11(15)18)13(20)16-14)8-2-3-9-10(6-8)22-5-4-21-9/h2-3,6H,4-5,7H2,1H3,(H2,15,18)(H,16,20). The number of imide groups is 1. The summed E-state index contributed by atoms with van der Waals surface area (Å²) in [5.74, 6) is -0.187. The molecule has 0 bridgehead atoms. The number of benzene rings is 1.